The highest BCUT2D eigenvalue weighted by Crippen LogP contribution is 2.22. The first-order chi connectivity index (χ1) is 14.3. The Hall–Kier alpha value is -4.27. The van der Waals surface area contributed by atoms with E-state index in [-0.39, 0.29) is 18.5 Å². The molecule has 9 nitrogen and oxygen atoms in total. The highest BCUT2D eigenvalue weighted by atomic mass is 16.5. The summed E-state index contributed by atoms with van der Waals surface area (Å²) in [6.07, 6.45) is 1.50. The average Bonchev–Trinajstić information content (AvgIpc) is 3.45. The van der Waals surface area contributed by atoms with E-state index in [4.69, 9.17) is 9.15 Å². The molecule has 2 aromatic heterocycles. The van der Waals surface area contributed by atoms with Crippen LogP contribution in [0.5, 0.6) is 0 Å². The topological polar surface area (TPSA) is 118 Å². The van der Waals surface area contributed by atoms with Gasteiger partial charge in [0.1, 0.15) is 18.1 Å². The van der Waals surface area contributed by atoms with Gasteiger partial charge in [-0.25, -0.2) is 10.2 Å². The molecule has 0 saturated heterocycles. The van der Waals surface area contributed by atoms with Crippen LogP contribution in [-0.4, -0.2) is 32.8 Å². The predicted octanol–water partition coefficient (Wildman–Crippen LogP) is 3.26. The second-order valence-corrected chi connectivity index (χ2v) is 5.95. The van der Waals surface area contributed by atoms with E-state index in [1.807, 2.05) is 36.4 Å². The van der Waals surface area contributed by atoms with Gasteiger partial charge >= 0.3 is 5.97 Å². The molecule has 0 atom stereocenters. The van der Waals surface area contributed by atoms with E-state index >= 15 is 0 Å². The summed E-state index contributed by atoms with van der Waals surface area (Å²) in [6.45, 7) is 0.236. The lowest BCUT2D eigenvalue weighted by molar-refractivity contribution is 0.0472. The van der Waals surface area contributed by atoms with Gasteiger partial charge in [-0.15, -0.1) is 5.10 Å². The minimum absolute atomic E-state index is 0.236. The maximum atomic E-state index is 12.2. The van der Waals surface area contributed by atoms with Crippen molar-refractivity contribution in [3.05, 3.63) is 83.6 Å². The molecule has 0 spiro atoms. The number of tetrazole rings is 1. The number of carbonyl (C=O) groups is 1. The Morgan fingerprint density at radius 3 is 2.69 bits per heavy atom. The number of hydrogen-bond donors (Lipinski definition) is 2. The van der Waals surface area contributed by atoms with Crippen molar-refractivity contribution in [2.75, 3.05) is 5.43 Å². The van der Waals surface area contributed by atoms with Gasteiger partial charge in [-0.1, -0.05) is 47.6 Å². The van der Waals surface area contributed by atoms with Crippen molar-refractivity contribution in [3.63, 3.8) is 0 Å². The fraction of sp³-hybridized carbons (Fsp3) is 0.0500. The van der Waals surface area contributed by atoms with E-state index in [2.05, 4.69) is 31.2 Å². The molecule has 0 aliphatic heterocycles. The Morgan fingerprint density at radius 1 is 1.10 bits per heavy atom. The summed E-state index contributed by atoms with van der Waals surface area (Å²) in [4.78, 5) is 12.2. The molecule has 0 amide bonds. The molecule has 2 heterocycles. The first-order valence-electron chi connectivity index (χ1n) is 8.72. The molecule has 144 valence electrons. The number of aromatic amines is 1. The number of hydrazone groups is 1. The number of carbonyl (C=O) groups excluding carboxylic acids is 1. The molecular formula is C20H16N6O3. The van der Waals surface area contributed by atoms with E-state index in [0.29, 0.717) is 17.1 Å². The molecule has 0 aliphatic carbocycles. The average molecular weight is 388 g/mol. The largest absolute Gasteiger partial charge is 0.457 e. The number of benzene rings is 2. The van der Waals surface area contributed by atoms with E-state index in [1.54, 1.807) is 30.3 Å². The number of esters is 1. The Bertz CT molecular complexity index is 1090. The van der Waals surface area contributed by atoms with Crippen LogP contribution < -0.4 is 5.43 Å². The third-order valence-corrected chi connectivity index (χ3v) is 3.95. The van der Waals surface area contributed by atoms with Crippen molar-refractivity contribution >= 4 is 18.1 Å². The van der Waals surface area contributed by atoms with Crippen LogP contribution >= 0.6 is 0 Å². The van der Waals surface area contributed by atoms with Crippen LogP contribution in [-0.2, 0) is 11.3 Å². The Labute approximate surface area is 165 Å². The van der Waals surface area contributed by atoms with Crippen molar-refractivity contribution in [2.45, 2.75) is 6.61 Å². The summed E-state index contributed by atoms with van der Waals surface area (Å²) < 4.78 is 11.1. The van der Waals surface area contributed by atoms with Gasteiger partial charge in [0.15, 0.2) is 0 Å². The number of hydrogen-bond acceptors (Lipinski definition) is 8. The molecule has 0 fully saturated rings. The van der Waals surface area contributed by atoms with E-state index in [0.717, 1.165) is 11.1 Å². The molecule has 0 aliphatic rings. The minimum atomic E-state index is -0.375. The summed E-state index contributed by atoms with van der Waals surface area (Å²) in [5.74, 6) is 1.07. The smallest absolute Gasteiger partial charge is 0.338 e. The summed E-state index contributed by atoms with van der Waals surface area (Å²) in [6, 6.07) is 20.2. The van der Waals surface area contributed by atoms with Crippen molar-refractivity contribution in [2.24, 2.45) is 5.10 Å². The van der Waals surface area contributed by atoms with Gasteiger partial charge < -0.3 is 9.15 Å². The van der Waals surface area contributed by atoms with Gasteiger partial charge in [0.25, 0.3) is 5.95 Å². The van der Waals surface area contributed by atoms with Gasteiger partial charge in [0, 0.05) is 5.56 Å². The maximum absolute atomic E-state index is 12.2. The Kier molecular flexibility index (Phi) is 5.38. The van der Waals surface area contributed by atoms with Crippen LogP contribution in [0.1, 0.15) is 21.7 Å². The second kappa shape index (κ2) is 8.61. The highest BCUT2D eigenvalue weighted by Gasteiger charge is 2.09. The lowest BCUT2D eigenvalue weighted by Gasteiger charge is -2.05. The first kappa shape index (κ1) is 18.1. The minimum Gasteiger partial charge on any atom is -0.457 e. The number of ether oxygens (including phenoxy) is 1. The van der Waals surface area contributed by atoms with Crippen molar-refractivity contribution in [1.29, 1.82) is 0 Å². The van der Waals surface area contributed by atoms with Crippen molar-refractivity contribution in [1.82, 2.24) is 20.6 Å². The number of aromatic nitrogens is 4. The van der Waals surface area contributed by atoms with Gasteiger partial charge in [-0.3, -0.25) is 0 Å². The molecule has 0 radical (unpaired) electrons. The molecule has 4 rings (SSSR count). The fourth-order valence-electron chi connectivity index (χ4n) is 2.52. The van der Waals surface area contributed by atoms with Gasteiger partial charge in [0.2, 0.25) is 0 Å². The number of H-pyrrole nitrogens is 1. The third-order valence-electron chi connectivity index (χ3n) is 3.95. The molecule has 0 unspecified atom stereocenters. The van der Waals surface area contributed by atoms with E-state index in [1.165, 1.54) is 6.21 Å². The van der Waals surface area contributed by atoms with Crippen LogP contribution in [0.4, 0.5) is 5.95 Å². The normalized spacial score (nSPS) is 10.9. The highest BCUT2D eigenvalue weighted by molar-refractivity contribution is 5.90. The van der Waals surface area contributed by atoms with Crippen LogP contribution in [0.15, 0.2) is 76.2 Å². The van der Waals surface area contributed by atoms with Crippen LogP contribution in [0.2, 0.25) is 0 Å². The van der Waals surface area contributed by atoms with Gasteiger partial charge in [-0.2, -0.15) is 10.3 Å². The summed E-state index contributed by atoms with van der Waals surface area (Å²) in [7, 11) is 0. The Balaban J connectivity index is 1.35. The van der Waals surface area contributed by atoms with Gasteiger partial charge in [0.05, 0.1) is 11.8 Å². The van der Waals surface area contributed by atoms with E-state index < -0.39 is 0 Å². The second-order valence-electron chi connectivity index (χ2n) is 5.95. The summed E-state index contributed by atoms with van der Waals surface area (Å²) in [5, 5.41) is 17.1. The fourth-order valence-corrected chi connectivity index (χ4v) is 2.52. The SMILES string of the molecule is O=C(OCc1ccccc1)c1ccc(-c2ccc(/C=N/Nc3nn[nH]n3)o2)cc1. The molecule has 0 bridgehead atoms. The Morgan fingerprint density at radius 2 is 1.93 bits per heavy atom. The zero-order valence-electron chi connectivity index (χ0n) is 15.1. The monoisotopic (exact) mass is 388 g/mol. The number of anilines is 1. The maximum Gasteiger partial charge on any atom is 0.338 e. The molecule has 2 N–H and O–H groups in total. The van der Waals surface area contributed by atoms with Crippen LogP contribution in [0, 0.1) is 0 Å². The number of rotatable bonds is 7. The zero-order chi connectivity index (χ0) is 19.9. The molecule has 2 aromatic carbocycles. The number of furan rings is 1. The summed E-state index contributed by atoms with van der Waals surface area (Å²) >= 11 is 0. The lowest BCUT2D eigenvalue weighted by Crippen LogP contribution is -2.04. The summed E-state index contributed by atoms with van der Waals surface area (Å²) in [5.41, 5.74) is 4.85. The molecule has 0 saturated carbocycles. The molecule has 29 heavy (non-hydrogen) atoms. The molecule has 4 aromatic rings. The van der Waals surface area contributed by atoms with Gasteiger partial charge in [-0.05, 0) is 35.0 Å². The quantitative estimate of drug-likeness (QED) is 0.283. The standard InChI is InChI=1S/C20H16N6O3/c27-19(28-13-14-4-2-1-3-5-14)16-8-6-15(7-9-16)18-11-10-17(29-18)12-21-22-20-23-25-26-24-20/h1-12H,13H2,(H2,22,23,24,25,26)/b21-12+. The van der Waals surface area contributed by atoms with Crippen molar-refractivity contribution < 1.29 is 13.9 Å². The van der Waals surface area contributed by atoms with Crippen LogP contribution in [0.25, 0.3) is 11.3 Å². The van der Waals surface area contributed by atoms with Crippen LogP contribution in [0.3, 0.4) is 0 Å². The first-order valence-corrected chi connectivity index (χ1v) is 8.72. The molecular weight excluding hydrogens is 372 g/mol. The molecule has 9 heteroatoms. The third kappa shape index (κ3) is 4.72. The predicted molar refractivity (Wildman–Crippen MR) is 105 cm³/mol. The van der Waals surface area contributed by atoms with E-state index in [9.17, 15) is 4.79 Å². The van der Waals surface area contributed by atoms with Crippen molar-refractivity contribution in [3.8, 4) is 11.3 Å². The number of nitrogens with one attached hydrogen (secondary N) is 2. The zero-order valence-corrected chi connectivity index (χ0v) is 15.1. The number of nitrogens with zero attached hydrogens (tertiary/aromatic N) is 4. The lowest BCUT2D eigenvalue weighted by atomic mass is 10.1.